The van der Waals surface area contributed by atoms with Crippen LogP contribution in [0.15, 0.2) is 35.4 Å². The van der Waals surface area contributed by atoms with Crippen molar-refractivity contribution < 1.29 is 14.3 Å². The maximum atomic E-state index is 12.2. The van der Waals surface area contributed by atoms with Gasteiger partial charge >= 0.3 is 0 Å². The SMILES string of the molecule is COCc1cc(C)nc(OCC(=O)N/N=C\c2cc(C)n(-c3ccc(Cl)c(Cl)c3)c2C)c1C#N. The van der Waals surface area contributed by atoms with Crippen LogP contribution in [0.4, 0.5) is 0 Å². The van der Waals surface area contributed by atoms with E-state index in [0.29, 0.717) is 21.3 Å². The number of rotatable bonds is 8. The third-order valence-corrected chi connectivity index (χ3v) is 5.71. The number of ether oxygens (including phenoxy) is 2. The standard InChI is InChI=1S/C24H23Cl2N5O3/c1-14-7-18(12-33-4)20(10-27)24(29-14)34-13-23(32)30-28-11-17-8-15(2)31(16(17)3)19-5-6-21(25)22(26)9-19/h5-9,11H,12-13H2,1-4H3,(H,30,32)/b28-11-. The zero-order valence-corrected chi connectivity index (χ0v) is 20.7. The van der Waals surface area contributed by atoms with Gasteiger partial charge in [-0.25, -0.2) is 10.4 Å². The summed E-state index contributed by atoms with van der Waals surface area (Å²) in [5, 5.41) is 14.4. The van der Waals surface area contributed by atoms with E-state index in [-0.39, 0.29) is 24.7 Å². The number of hydrogen-bond acceptors (Lipinski definition) is 6. The van der Waals surface area contributed by atoms with Crippen molar-refractivity contribution in [3.63, 3.8) is 0 Å². The topological polar surface area (TPSA) is 102 Å². The Morgan fingerprint density at radius 2 is 2.00 bits per heavy atom. The average molecular weight is 500 g/mol. The lowest BCUT2D eigenvalue weighted by molar-refractivity contribution is -0.123. The molecule has 0 fully saturated rings. The van der Waals surface area contributed by atoms with Crippen LogP contribution in [0.5, 0.6) is 5.88 Å². The van der Waals surface area contributed by atoms with E-state index in [0.717, 1.165) is 22.6 Å². The van der Waals surface area contributed by atoms with E-state index in [9.17, 15) is 10.1 Å². The van der Waals surface area contributed by atoms with Crippen LogP contribution >= 0.6 is 23.2 Å². The molecule has 0 radical (unpaired) electrons. The highest BCUT2D eigenvalue weighted by molar-refractivity contribution is 6.42. The van der Waals surface area contributed by atoms with Crippen LogP contribution in [0, 0.1) is 32.1 Å². The van der Waals surface area contributed by atoms with E-state index in [4.69, 9.17) is 32.7 Å². The monoisotopic (exact) mass is 499 g/mol. The highest BCUT2D eigenvalue weighted by atomic mass is 35.5. The maximum absolute atomic E-state index is 12.2. The van der Waals surface area contributed by atoms with Crippen molar-refractivity contribution in [1.82, 2.24) is 15.0 Å². The number of nitrogens with one attached hydrogen (secondary N) is 1. The van der Waals surface area contributed by atoms with Gasteiger partial charge in [-0.05, 0) is 51.1 Å². The van der Waals surface area contributed by atoms with Crippen molar-refractivity contribution in [1.29, 1.82) is 5.26 Å². The van der Waals surface area contributed by atoms with E-state index in [2.05, 4.69) is 21.6 Å². The summed E-state index contributed by atoms with van der Waals surface area (Å²) in [6.45, 7) is 5.55. The van der Waals surface area contributed by atoms with E-state index in [1.54, 1.807) is 31.3 Å². The number of nitrogens with zero attached hydrogens (tertiary/aromatic N) is 4. The zero-order valence-electron chi connectivity index (χ0n) is 19.1. The molecule has 0 aliphatic heterocycles. The predicted octanol–water partition coefficient (Wildman–Crippen LogP) is 4.65. The van der Waals surface area contributed by atoms with Crippen LogP contribution in [0.3, 0.4) is 0 Å². The number of nitriles is 1. The summed E-state index contributed by atoms with van der Waals surface area (Å²) in [4.78, 5) is 16.4. The molecule has 2 aromatic heterocycles. The highest BCUT2D eigenvalue weighted by Gasteiger charge is 2.15. The number of benzene rings is 1. The Morgan fingerprint density at radius 3 is 2.68 bits per heavy atom. The third kappa shape index (κ3) is 5.75. The zero-order chi connectivity index (χ0) is 24.8. The van der Waals surface area contributed by atoms with Gasteiger partial charge in [-0.2, -0.15) is 10.4 Å². The van der Waals surface area contributed by atoms with E-state index >= 15 is 0 Å². The number of hydrazone groups is 1. The molecule has 3 aromatic rings. The summed E-state index contributed by atoms with van der Waals surface area (Å²) in [6.07, 6.45) is 1.55. The van der Waals surface area contributed by atoms with Gasteiger partial charge in [-0.15, -0.1) is 0 Å². The molecule has 3 rings (SSSR count). The summed E-state index contributed by atoms with van der Waals surface area (Å²) >= 11 is 12.2. The number of carbonyl (C=O) groups excluding carboxylic acids is 1. The molecule has 0 saturated carbocycles. The average Bonchev–Trinajstić information content (AvgIpc) is 3.07. The van der Waals surface area contributed by atoms with Crippen LogP contribution in [-0.2, 0) is 16.1 Å². The molecule has 34 heavy (non-hydrogen) atoms. The summed E-state index contributed by atoms with van der Waals surface area (Å²) in [5.41, 5.74) is 7.52. The highest BCUT2D eigenvalue weighted by Crippen LogP contribution is 2.27. The first-order chi connectivity index (χ1) is 16.2. The first-order valence-corrected chi connectivity index (χ1v) is 11.0. The fourth-order valence-corrected chi connectivity index (χ4v) is 3.78. The van der Waals surface area contributed by atoms with Crippen LogP contribution in [0.2, 0.25) is 10.0 Å². The minimum Gasteiger partial charge on any atom is -0.467 e. The van der Waals surface area contributed by atoms with E-state index < -0.39 is 5.91 Å². The first-order valence-electron chi connectivity index (χ1n) is 10.2. The molecule has 0 aliphatic rings. The van der Waals surface area contributed by atoms with Crippen molar-refractivity contribution >= 4 is 35.3 Å². The number of aromatic nitrogens is 2. The number of amides is 1. The number of halogens is 2. The number of pyridine rings is 1. The Labute approximate surface area is 207 Å². The van der Waals surface area contributed by atoms with Gasteiger partial charge in [0.2, 0.25) is 5.88 Å². The normalized spacial score (nSPS) is 11.0. The Hall–Kier alpha value is -3.38. The summed E-state index contributed by atoms with van der Waals surface area (Å²) in [7, 11) is 1.53. The molecule has 0 unspecified atom stereocenters. The molecule has 8 nitrogen and oxygen atoms in total. The van der Waals surface area contributed by atoms with Gasteiger partial charge in [0.1, 0.15) is 11.6 Å². The fourth-order valence-electron chi connectivity index (χ4n) is 3.48. The van der Waals surface area contributed by atoms with Crippen molar-refractivity contribution in [3.05, 3.63) is 74.1 Å². The lowest BCUT2D eigenvalue weighted by atomic mass is 10.1. The van der Waals surface area contributed by atoms with Gasteiger partial charge in [-0.1, -0.05) is 23.2 Å². The van der Waals surface area contributed by atoms with Gasteiger partial charge in [-0.3, -0.25) is 4.79 Å². The van der Waals surface area contributed by atoms with E-state index in [1.165, 1.54) is 7.11 Å². The van der Waals surface area contributed by atoms with Crippen LogP contribution in [-0.4, -0.2) is 35.4 Å². The van der Waals surface area contributed by atoms with Gasteiger partial charge in [0.05, 0.1) is 22.9 Å². The van der Waals surface area contributed by atoms with Crippen LogP contribution in [0.1, 0.15) is 33.8 Å². The molecule has 0 aliphatic carbocycles. The summed E-state index contributed by atoms with van der Waals surface area (Å²) in [5.74, 6) is -0.408. The third-order valence-electron chi connectivity index (χ3n) is 4.97. The first kappa shape index (κ1) is 25.2. The quantitative estimate of drug-likeness (QED) is 0.358. The molecule has 2 heterocycles. The molecular weight excluding hydrogens is 477 g/mol. The van der Waals surface area contributed by atoms with Crippen LogP contribution < -0.4 is 10.2 Å². The number of carbonyl (C=O) groups is 1. The Kier molecular flexibility index (Phi) is 8.29. The summed E-state index contributed by atoms with van der Waals surface area (Å²) in [6, 6.07) is 11.1. The minimum absolute atomic E-state index is 0.0823. The second-order valence-electron chi connectivity index (χ2n) is 7.49. The lowest BCUT2D eigenvalue weighted by Crippen LogP contribution is -2.25. The molecule has 0 spiro atoms. The van der Waals surface area contributed by atoms with E-state index in [1.807, 2.05) is 30.5 Å². The molecule has 0 atom stereocenters. The molecule has 176 valence electrons. The Bertz CT molecular complexity index is 1290. The fraction of sp³-hybridized carbons (Fsp3) is 0.250. The molecular formula is C24H23Cl2N5O3. The molecule has 0 bridgehead atoms. The largest absolute Gasteiger partial charge is 0.467 e. The Balaban J connectivity index is 1.67. The van der Waals surface area contributed by atoms with Gasteiger partial charge in [0, 0.05) is 41.0 Å². The van der Waals surface area contributed by atoms with Gasteiger partial charge < -0.3 is 14.0 Å². The van der Waals surface area contributed by atoms with Crippen molar-refractivity contribution in [2.24, 2.45) is 5.10 Å². The molecule has 10 heteroatoms. The second-order valence-corrected chi connectivity index (χ2v) is 8.30. The van der Waals surface area contributed by atoms with Crippen molar-refractivity contribution in [3.8, 4) is 17.6 Å². The minimum atomic E-state index is -0.491. The smallest absolute Gasteiger partial charge is 0.278 e. The van der Waals surface area contributed by atoms with Crippen molar-refractivity contribution in [2.75, 3.05) is 13.7 Å². The number of hydrogen-bond donors (Lipinski definition) is 1. The van der Waals surface area contributed by atoms with Gasteiger partial charge in [0.15, 0.2) is 6.61 Å². The Morgan fingerprint density at radius 1 is 1.24 bits per heavy atom. The van der Waals surface area contributed by atoms with Crippen molar-refractivity contribution in [2.45, 2.75) is 27.4 Å². The molecule has 1 N–H and O–H groups in total. The van der Waals surface area contributed by atoms with Crippen LogP contribution in [0.25, 0.3) is 5.69 Å². The number of aryl methyl sites for hydroxylation is 2. The van der Waals surface area contributed by atoms with Gasteiger partial charge in [0.25, 0.3) is 5.91 Å². The number of methoxy groups -OCH3 is 1. The summed E-state index contributed by atoms with van der Waals surface area (Å²) < 4.78 is 12.6. The maximum Gasteiger partial charge on any atom is 0.278 e. The molecule has 0 saturated heterocycles. The molecule has 1 aromatic carbocycles. The predicted molar refractivity (Wildman–Crippen MR) is 131 cm³/mol. The molecule has 1 amide bonds. The lowest BCUT2D eigenvalue weighted by Gasteiger charge is -2.11. The second kappa shape index (κ2) is 11.2.